The molecule has 0 N–H and O–H groups in total. The van der Waals surface area contributed by atoms with Crippen molar-refractivity contribution in [1.82, 2.24) is 9.96 Å². The van der Waals surface area contributed by atoms with E-state index < -0.39 is 11.2 Å². The van der Waals surface area contributed by atoms with Crippen molar-refractivity contribution < 1.29 is 5.21 Å². The van der Waals surface area contributed by atoms with Gasteiger partial charge in [-0.05, 0) is 27.7 Å². The van der Waals surface area contributed by atoms with Gasteiger partial charge in [-0.15, -0.1) is 10.3 Å². The van der Waals surface area contributed by atoms with Crippen LogP contribution in [0.25, 0.3) is 0 Å². The van der Waals surface area contributed by atoms with Crippen LogP contribution in [0, 0.1) is 0 Å². The number of halogens is 1. The first-order chi connectivity index (χ1) is 5.76. The van der Waals surface area contributed by atoms with Crippen molar-refractivity contribution >= 4 is 15.9 Å². The highest BCUT2D eigenvalue weighted by atomic mass is 79.9. The summed E-state index contributed by atoms with van der Waals surface area (Å²) in [6, 6.07) is 0. The molecule has 1 heterocycles. The molecule has 0 aromatic heterocycles. The number of hydrogen-bond donors (Lipinski definition) is 0. The molecule has 3 nitrogen and oxygen atoms in total. The Morgan fingerprint density at radius 1 is 1.31 bits per heavy atom. The molecule has 0 atom stereocenters. The summed E-state index contributed by atoms with van der Waals surface area (Å²) in [5.74, 6) is 0. The van der Waals surface area contributed by atoms with Crippen molar-refractivity contribution in [3.05, 3.63) is 10.7 Å². The van der Waals surface area contributed by atoms with Crippen molar-refractivity contribution in [3.8, 4) is 0 Å². The van der Waals surface area contributed by atoms with E-state index in [1.54, 1.807) is 0 Å². The Morgan fingerprint density at radius 2 is 1.77 bits per heavy atom. The maximum Gasteiger partial charge on any atom is 0.114 e. The highest BCUT2D eigenvalue weighted by molar-refractivity contribution is 9.11. The molecular weight excluding hydrogens is 232 g/mol. The van der Waals surface area contributed by atoms with Crippen molar-refractivity contribution in [2.45, 2.75) is 38.9 Å². The molecule has 0 amide bonds. The van der Waals surface area contributed by atoms with Gasteiger partial charge < -0.3 is 4.90 Å². The lowest BCUT2D eigenvalue weighted by Crippen LogP contribution is -2.48. The lowest BCUT2D eigenvalue weighted by molar-refractivity contribution is -0.256. The molecule has 0 aromatic carbocycles. The van der Waals surface area contributed by atoms with Crippen molar-refractivity contribution in [3.63, 3.8) is 0 Å². The van der Waals surface area contributed by atoms with Crippen LogP contribution in [0.1, 0.15) is 27.7 Å². The van der Waals surface area contributed by atoms with Crippen LogP contribution in [0.4, 0.5) is 0 Å². The van der Waals surface area contributed by atoms with Crippen molar-refractivity contribution in [2.24, 2.45) is 0 Å². The monoisotopic (exact) mass is 247 g/mol. The normalized spacial score (nSPS) is 30.1. The minimum atomic E-state index is -0.469. The zero-order valence-corrected chi connectivity index (χ0v) is 10.3. The highest BCUT2D eigenvalue weighted by Crippen LogP contribution is 2.42. The van der Waals surface area contributed by atoms with E-state index in [2.05, 4.69) is 15.9 Å². The van der Waals surface area contributed by atoms with Gasteiger partial charge in [-0.25, -0.2) is 0 Å². The molecule has 0 bridgehead atoms. The van der Waals surface area contributed by atoms with Gasteiger partial charge in [0.15, 0.2) is 0 Å². The summed E-state index contributed by atoms with van der Waals surface area (Å²) in [5, 5.41) is 13.1. The summed E-state index contributed by atoms with van der Waals surface area (Å²) in [6.07, 6.45) is 0. The molecule has 0 unspecified atom stereocenters. The summed E-state index contributed by atoms with van der Waals surface area (Å²) >= 11 is 3.30. The first kappa shape index (κ1) is 11.0. The number of hydrogen-bond acceptors (Lipinski definition) is 2. The Kier molecular flexibility index (Phi) is 2.52. The maximum atomic E-state index is 11.9. The SMILES string of the molecule is CN1/C(=C/Br)C(C)(C)N([O])C1(C)C. The van der Waals surface area contributed by atoms with Crippen LogP contribution in [0.5, 0.6) is 0 Å². The molecule has 0 saturated carbocycles. The van der Waals surface area contributed by atoms with Crippen LogP contribution in [-0.2, 0) is 5.21 Å². The van der Waals surface area contributed by atoms with Gasteiger partial charge in [0, 0.05) is 17.7 Å². The second kappa shape index (κ2) is 2.97. The topological polar surface area (TPSA) is 26.4 Å². The predicted molar refractivity (Wildman–Crippen MR) is 55.5 cm³/mol. The van der Waals surface area contributed by atoms with Crippen molar-refractivity contribution in [1.29, 1.82) is 0 Å². The molecule has 4 heteroatoms. The molecule has 0 aliphatic carbocycles. The molecule has 1 aliphatic rings. The summed E-state index contributed by atoms with van der Waals surface area (Å²) < 4.78 is 0. The zero-order chi connectivity index (χ0) is 10.4. The van der Waals surface area contributed by atoms with Gasteiger partial charge in [-0.3, -0.25) is 0 Å². The van der Waals surface area contributed by atoms with Gasteiger partial charge in [0.05, 0.1) is 5.54 Å². The van der Waals surface area contributed by atoms with Gasteiger partial charge in [0.1, 0.15) is 5.66 Å². The molecular formula is C9H16BrN2O. The highest BCUT2D eigenvalue weighted by Gasteiger charge is 2.52. The third-order valence-corrected chi connectivity index (χ3v) is 3.35. The second-order valence-corrected chi connectivity index (χ2v) is 4.86. The fourth-order valence-electron chi connectivity index (χ4n) is 1.84. The van der Waals surface area contributed by atoms with Gasteiger partial charge >= 0.3 is 0 Å². The Balaban J connectivity index is 3.20. The van der Waals surface area contributed by atoms with E-state index in [-0.39, 0.29) is 0 Å². The average Bonchev–Trinajstić information content (AvgIpc) is 2.12. The first-order valence-corrected chi connectivity index (χ1v) is 5.20. The lowest BCUT2D eigenvalue weighted by Gasteiger charge is -2.32. The van der Waals surface area contributed by atoms with E-state index in [0.717, 1.165) is 10.8 Å². The van der Waals surface area contributed by atoms with E-state index in [1.165, 1.54) is 0 Å². The van der Waals surface area contributed by atoms with Crippen LogP contribution >= 0.6 is 15.9 Å². The van der Waals surface area contributed by atoms with Crippen LogP contribution in [-0.4, -0.2) is 28.2 Å². The van der Waals surface area contributed by atoms with Crippen LogP contribution in [0.15, 0.2) is 10.7 Å². The van der Waals surface area contributed by atoms with Crippen LogP contribution < -0.4 is 0 Å². The largest absolute Gasteiger partial charge is 0.356 e. The number of nitrogens with zero attached hydrogens (tertiary/aromatic N) is 2. The molecule has 1 rings (SSSR count). The molecule has 1 aliphatic heterocycles. The lowest BCUT2D eigenvalue weighted by atomic mass is 10.0. The number of hydroxylamine groups is 2. The standard InChI is InChI=1S/C9H16BrN2O/c1-8(2)7(6-10)11(5)9(3,4)12(8)13/h6H,1-5H3/b7-6+. The van der Waals surface area contributed by atoms with Gasteiger partial charge in [0.2, 0.25) is 0 Å². The van der Waals surface area contributed by atoms with Crippen LogP contribution in [0.3, 0.4) is 0 Å². The summed E-state index contributed by atoms with van der Waals surface area (Å²) in [6.45, 7) is 7.70. The third-order valence-electron chi connectivity index (χ3n) is 2.92. The predicted octanol–water partition coefficient (Wildman–Crippen LogP) is 2.33. The molecule has 0 spiro atoms. The van der Waals surface area contributed by atoms with Gasteiger partial charge in [0.25, 0.3) is 0 Å². The van der Waals surface area contributed by atoms with E-state index in [4.69, 9.17) is 0 Å². The molecule has 13 heavy (non-hydrogen) atoms. The number of likely N-dealkylation sites (N-methyl/N-ethyl adjacent to an activating group) is 1. The summed E-state index contributed by atoms with van der Waals surface area (Å²) in [7, 11) is 1.94. The summed E-state index contributed by atoms with van der Waals surface area (Å²) in [4.78, 5) is 3.82. The van der Waals surface area contributed by atoms with Crippen LogP contribution in [0.2, 0.25) is 0 Å². The second-order valence-electron chi connectivity index (χ2n) is 4.40. The van der Waals surface area contributed by atoms with Gasteiger partial charge in [-0.1, -0.05) is 15.9 Å². The first-order valence-electron chi connectivity index (χ1n) is 4.28. The van der Waals surface area contributed by atoms with E-state index in [9.17, 15) is 5.21 Å². The van der Waals surface area contributed by atoms with E-state index >= 15 is 0 Å². The van der Waals surface area contributed by atoms with Gasteiger partial charge in [-0.2, -0.15) is 0 Å². The average molecular weight is 248 g/mol. The molecule has 1 saturated heterocycles. The fraction of sp³-hybridized carbons (Fsp3) is 0.778. The fourth-order valence-corrected chi connectivity index (χ4v) is 2.70. The third kappa shape index (κ3) is 1.32. The zero-order valence-electron chi connectivity index (χ0n) is 8.76. The Labute approximate surface area is 88.1 Å². The quantitative estimate of drug-likeness (QED) is 0.657. The molecule has 0 aromatic rings. The number of rotatable bonds is 0. The molecule has 75 valence electrons. The smallest absolute Gasteiger partial charge is 0.114 e. The molecule has 1 fully saturated rings. The van der Waals surface area contributed by atoms with E-state index in [0.29, 0.717) is 0 Å². The van der Waals surface area contributed by atoms with E-state index in [1.807, 2.05) is 44.6 Å². The maximum absolute atomic E-state index is 11.9. The van der Waals surface area contributed by atoms with Crippen molar-refractivity contribution in [2.75, 3.05) is 7.05 Å². The summed E-state index contributed by atoms with van der Waals surface area (Å²) in [5.41, 5.74) is 0.0812. The Bertz CT molecular complexity index is 248. The Hall–Kier alpha value is -0.0600. The Morgan fingerprint density at radius 3 is 1.92 bits per heavy atom. The molecule has 1 radical (unpaired) electrons. The minimum absolute atomic E-state index is 0.457. The minimum Gasteiger partial charge on any atom is -0.356 e.